The van der Waals surface area contributed by atoms with E-state index in [1.807, 2.05) is 50.2 Å². The molecule has 5 rings (SSSR count). The van der Waals surface area contributed by atoms with Gasteiger partial charge in [0.15, 0.2) is 22.9 Å². The predicted octanol–water partition coefficient (Wildman–Crippen LogP) is 4.69. The maximum atomic E-state index is 14.3. The van der Waals surface area contributed by atoms with Crippen molar-refractivity contribution in [1.82, 2.24) is 4.57 Å². The molecule has 0 N–H and O–H groups in total. The zero-order valence-electron chi connectivity index (χ0n) is 26.6. The lowest BCUT2D eigenvalue weighted by Crippen LogP contribution is -2.40. The van der Waals surface area contributed by atoms with Gasteiger partial charge in [-0.05, 0) is 75.2 Å². The topological polar surface area (TPSA) is 115 Å². The number of carbonyl (C=O) groups is 2. The van der Waals surface area contributed by atoms with Crippen LogP contribution in [0.5, 0.6) is 17.2 Å². The van der Waals surface area contributed by atoms with Crippen molar-refractivity contribution in [3.8, 4) is 17.2 Å². The van der Waals surface area contributed by atoms with E-state index in [1.54, 1.807) is 45.0 Å². The van der Waals surface area contributed by atoms with Gasteiger partial charge in [0.05, 0.1) is 48.3 Å². The SMILES string of the molecule is CCOC(=O)COc1ccc2ccccc2c1/C=c1/sc2n(c1=O)[C@@H](c1ccc(OC(C)C)c(OC)c1)C(C(=O)OCC)=C(C)N=2. The van der Waals surface area contributed by atoms with Crippen LogP contribution in [0.2, 0.25) is 0 Å². The van der Waals surface area contributed by atoms with Crippen molar-refractivity contribution in [2.24, 2.45) is 4.99 Å². The lowest BCUT2D eigenvalue weighted by molar-refractivity contribution is -0.145. The summed E-state index contributed by atoms with van der Waals surface area (Å²) in [5.74, 6) is 0.364. The number of aromatic nitrogens is 1. The van der Waals surface area contributed by atoms with E-state index in [4.69, 9.17) is 23.7 Å². The Morgan fingerprint density at radius 3 is 2.46 bits per heavy atom. The van der Waals surface area contributed by atoms with Gasteiger partial charge in [0.25, 0.3) is 5.56 Å². The van der Waals surface area contributed by atoms with E-state index in [9.17, 15) is 14.4 Å². The maximum Gasteiger partial charge on any atom is 0.344 e. The molecule has 0 bridgehead atoms. The second kappa shape index (κ2) is 14.0. The summed E-state index contributed by atoms with van der Waals surface area (Å²) in [6, 6.07) is 15.9. The molecule has 0 fully saturated rings. The number of esters is 2. The molecule has 10 nitrogen and oxygen atoms in total. The van der Waals surface area contributed by atoms with Crippen molar-refractivity contribution in [3.05, 3.63) is 96.7 Å². The Morgan fingerprint density at radius 2 is 1.74 bits per heavy atom. The molecule has 1 aliphatic rings. The summed E-state index contributed by atoms with van der Waals surface area (Å²) in [5.41, 5.74) is 1.60. The van der Waals surface area contributed by atoms with E-state index in [0.29, 0.717) is 43.4 Å². The highest BCUT2D eigenvalue weighted by Crippen LogP contribution is 2.37. The van der Waals surface area contributed by atoms with Crippen molar-refractivity contribution in [2.75, 3.05) is 26.9 Å². The summed E-state index contributed by atoms with van der Waals surface area (Å²) in [4.78, 5) is 44.9. The molecule has 46 heavy (non-hydrogen) atoms. The molecular formula is C35H36N2O8S. The van der Waals surface area contributed by atoms with Crippen LogP contribution in [0.3, 0.4) is 0 Å². The van der Waals surface area contributed by atoms with Crippen LogP contribution in [0.4, 0.5) is 0 Å². The van der Waals surface area contributed by atoms with E-state index in [2.05, 4.69) is 4.99 Å². The number of thiazole rings is 1. The molecule has 0 aliphatic carbocycles. The highest BCUT2D eigenvalue weighted by atomic mass is 32.1. The first-order valence-electron chi connectivity index (χ1n) is 15.0. The molecule has 0 saturated carbocycles. The fourth-order valence-electron chi connectivity index (χ4n) is 5.33. The van der Waals surface area contributed by atoms with E-state index in [1.165, 1.54) is 23.0 Å². The average Bonchev–Trinajstić information content (AvgIpc) is 3.33. The standard InChI is InChI=1S/C35H36N2O8S/c1-7-42-30(38)19-44-26-15-13-22-11-9-10-12-24(22)25(26)18-29-33(39)37-32(23-14-16-27(45-20(3)4)28(17-23)41-6)31(34(40)43-8-2)21(5)36-35(37)46-29/h9-18,20,32H,7-8,19H2,1-6H3/b29-18+/t32-/m0/s1. The summed E-state index contributed by atoms with van der Waals surface area (Å²) < 4.78 is 29.8. The van der Waals surface area contributed by atoms with Crippen molar-refractivity contribution < 1.29 is 33.3 Å². The minimum atomic E-state index is -0.841. The van der Waals surface area contributed by atoms with Gasteiger partial charge in [-0.25, -0.2) is 14.6 Å². The molecule has 0 spiro atoms. The minimum absolute atomic E-state index is 0.0881. The first-order chi connectivity index (χ1) is 22.2. The third kappa shape index (κ3) is 6.55. The lowest BCUT2D eigenvalue weighted by Gasteiger charge is -2.25. The minimum Gasteiger partial charge on any atom is -0.493 e. The molecular weight excluding hydrogens is 608 g/mol. The van der Waals surface area contributed by atoms with Crippen LogP contribution in [0.25, 0.3) is 16.8 Å². The van der Waals surface area contributed by atoms with Crippen LogP contribution in [0.15, 0.2) is 75.7 Å². The summed E-state index contributed by atoms with van der Waals surface area (Å²) in [5, 5.41) is 1.76. The van der Waals surface area contributed by atoms with Crippen molar-refractivity contribution >= 4 is 40.1 Å². The molecule has 240 valence electrons. The van der Waals surface area contributed by atoms with Gasteiger partial charge >= 0.3 is 11.9 Å². The van der Waals surface area contributed by atoms with E-state index >= 15 is 0 Å². The van der Waals surface area contributed by atoms with Crippen LogP contribution in [-0.2, 0) is 19.1 Å². The molecule has 1 atom stereocenters. The highest BCUT2D eigenvalue weighted by Gasteiger charge is 2.34. The number of carbonyl (C=O) groups excluding carboxylic acids is 2. The number of nitrogens with zero attached hydrogens (tertiary/aromatic N) is 2. The van der Waals surface area contributed by atoms with Gasteiger partial charge in [-0.15, -0.1) is 0 Å². The first kappa shape index (κ1) is 32.5. The zero-order valence-corrected chi connectivity index (χ0v) is 27.4. The second-order valence-electron chi connectivity index (χ2n) is 10.7. The number of fused-ring (bicyclic) bond motifs is 2. The van der Waals surface area contributed by atoms with E-state index in [-0.39, 0.29) is 37.1 Å². The zero-order chi connectivity index (χ0) is 33.0. The smallest absolute Gasteiger partial charge is 0.344 e. The Morgan fingerprint density at radius 1 is 1.00 bits per heavy atom. The Balaban J connectivity index is 1.72. The van der Waals surface area contributed by atoms with Gasteiger partial charge in [-0.2, -0.15) is 0 Å². The van der Waals surface area contributed by atoms with Crippen LogP contribution < -0.4 is 29.1 Å². The van der Waals surface area contributed by atoms with Gasteiger partial charge < -0.3 is 23.7 Å². The first-order valence-corrected chi connectivity index (χ1v) is 15.8. The van der Waals surface area contributed by atoms with Crippen LogP contribution in [0.1, 0.15) is 51.8 Å². The molecule has 11 heteroatoms. The molecule has 1 aliphatic heterocycles. The van der Waals surface area contributed by atoms with Crippen LogP contribution in [0, 0.1) is 0 Å². The quantitative estimate of drug-likeness (QED) is 0.216. The van der Waals surface area contributed by atoms with Crippen molar-refractivity contribution in [1.29, 1.82) is 0 Å². The Labute approximate surface area is 270 Å². The summed E-state index contributed by atoms with van der Waals surface area (Å²) in [7, 11) is 1.54. The molecule has 0 unspecified atom stereocenters. The largest absolute Gasteiger partial charge is 0.493 e. The van der Waals surface area contributed by atoms with Gasteiger partial charge in [0.2, 0.25) is 0 Å². The molecule has 0 radical (unpaired) electrons. The summed E-state index contributed by atoms with van der Waals surface area (Å²) in [6.07, 6.45) is 1.66. The number of hydrogen-bond donors (Lipinski definition) is 0. The van der Waals surface area contributed by atoms with Gasteiger partial charge in [0.1, 0.15) is 5.75 Å². The third-order valence-corrected chi connectivity index (χ3v) is 8.22. The lowest BCUT2D eigenvalue weighted by atomic mass is 9.95. The monoisotopic (exact) mass is 644 g/mol. The molecule has 0 amide bonds. The number of rotatable bonds is 11. The summed E-state index contributed by atoms with van der Waals surface area (Å²) >= 11 is 1.20. The third-order valence-electron chi connectivity index (χ3n) is 7.24. The number of methoxy groups -OCH3 is 1. The summed E-state index contributed by atoms with van der Waals surface area (Å²) in [6.45, 7) is 9.13. The molecule has 1 aromatic heterocycles. The second-order valence-corrected chi connectivity index (χ2v) is 11.7. The number of hydrogen-bond acceptors (Lipinski definition) is 10. The normalized spacial score (nSPS) is 14.6. The average molecular weight is 645 g/mol. The Hall–Kier alpha value is -4.90. The van der Waals surface area contributed by atoms with Crippen LogP contribution in [-0.4, -0.2) is 49.5 Å². The van der Waals surface area contributed by atoms with Gasteiger partial charge in [-0.3, -0.25) is 9.36 Å². The molecule has 3 aromatic carbocycles. The predicted molar refractivity (Wildman–Crippen MR) is 175 cm³/mol. The number of ether oxygens (including phenoxy) is 5. The molecule has 0 saturated heterocycles. The van der Waals surface area contributed by atoms with Crippen molar-refractivity contribution in [2.45, 2.75) is 46.8 Å². The fraction of sp³-hybridized carbons (Fsp3) is 0.314. The fourth-order valence-corrected chi connectivity index (χ4v) is 6.36. The van der Waals surface area contributed by atoms with Gasteiger partial charge in [0, 0.05) is 5.56 Å². The van der Waals surface area contributed by atoms with E-state index in [0.717, 1.165) is 10.8 Å². The maximum absolute atomic E-state index is 14.3. The number of benzene rings is 3. The van der Waals surface area contributed by atoms with Crippen LogP contribution >= 0.6 is 11.3 Å². The highest BCUT2D eigenvalue weighted by molar-refractivity contribution is 7.07. The number of allylic oxidation sites excluding steroid dienone is 1. The Kier molecular flexibility index (Phi) is 9.91. The van der Waals surface area contributed by atoms with Gasteiger partial charge in [-0.1, -0.05) is 47.7 Å². The Bertz CT molecular complexity index is 2010. The molecule has 4 aromatic rings. The van der Waals surface area contributed by atoms with E-state index < -0.39 is 18.0 Å². The van der Waals surface area contributed by atoms with Crippen molar-refractivity contribution in [3.63, 3.8) is 0 Å². The molecule has 2 heterocycles.